The number of halogens is 1. The summed E-state index contributed by atoms with van der Waals surface area (Å²) in [5.41, 5.74) is -0.0639. The van der Waals surface area contributed by atoms with Crippen LogP contribution in [0.1, 0.15) is 19.4 Å². The average Bonchev–Trinajstić information content (AvgIpc) is 2.40. The Labute approximate surface area is 128 Å². The summed E-state index contributed by atoms with van der Waals surface area (Å²) in [6.07, 6.45) is 1.63. The smallest absolute Gasteiger partial charge is 0.224 e. The van der Waals surface area contributed by atoms with Crippen LogP contribution in [0.3, 0.4) is 0 Å². The molecule has 0 bridgehead atoms. The number of pyridine rings is 1. The van der Waals surface area contributed by atoms with Gasteiger partial charge in [0, 0.05) is 17.8 Å². The lowest BCUT2D eigenvalue weighted by Gasteiger charge is -2.17. The zero-order valence-electron chi connectivity index (χ0n) is 12.1. The van der Waals surface area contributed by atoms with Crippen LogP contribution in [0.25, 0.3) is 0 Å². The minimum Gasteiger partial charge on any atom is -0.475 e. The van der Waals surface area contributed by atoms with E-state index in [0.717, 1.165) is 5.56 Å². The Hall–Kier alpha value is -1.92. The van der Waals surface area contributed by atoms with E-state index in [2.05, 4.69) is 20.3 Å². The van der Waals surface area contributed by atoms with Gasteiger partial charge in [-0.05, 0) is 38.4 Å². The molecule has 0 amide bonds. The number of nitrogens with zero attached hydrogens (tertiary/aromatic N) is 3. The number of aromatic nitrogens is 3. The third-order valence-corrected chi connectivity index (χ3v) is 2.67. The molecule has 2 N–H and O–H groups in total. The fraction of sp³-hybridized carbons (Fsp3) is 0.357. The maximum Gasteiger partial charge on any atom is 0.224 e. The zero-order chi connectivity index (χ0) is 15.5. The summed E-state index contributed by atoms with van der Waals surface area (Å²) < 4.78 is 5.44. The molecule has 0 atom stereocenters. The number of aliphatic hydroxyl groups is 1. The van der Waals surface area contributed by atoms with Crippen LogP contribution in [0.5, 0.6) is 5.88 Å². The molecule has 6 nitrogen and oxygen atoms in total. The lowest BCUT2D eigenvalue weighted by molar-refractivity contribution is 0.0269. The van der Waals surface area contributed by atoms with Crippen LogP contribution < -0.4 is 10.1 Å². The Kier molecular flexibility index (Phi) is 4.59. The molecule has 0 saturated heterocycles. The summed E-state index contributed by atoms with van der Waals surface area (Å²) in [6.45, 7) is 5.36. The maximum atomic E-state index is 9.65. The van der Waals surface area contributed by atoms with Crippen molar-refractivity contribution in [3.8, 4) is 5.88 Å². The SMILES string of the molecule is Cc1cnc(Cl)nc1Nc1cccc(OCC(C)(C)O)n1. The zero-order valence-corrected chi connectivity index (χ0v) is 12.8. The molecule has 2 aromatic rings. The Morgan fingerprint density at radius 3 is 2.81 bits per heavy atom. The minimum absolute atomic E-state index is 0.155. The first-order valence-corrected chi connectivity index (χ1v) is 6.80. The first-order chi connectivity index (χ1) is 9.83. The number of anilines is 2. The molecular formula is C14H17ClN4O2. The first kappa shape index (κ1) is 15.5. The molecule has 0 aromatic carbocycles. The van der Waals surface area contributed by atoms with Gasteiger partial charge in [-0.15, -0.1) is 0 Å². The van der Waals surface area contributed by atoms with Crippen molar-refractivity contribution in [3.05, 3.63) is 35.2 Å². The van der Waals surface area contributed by atoms with E-state index in [4.69, 9.17) is 16.3 Å². The van der Waals surface area contributed by atoms with E-state index in [1.54, 1.807) is 38.2 Å². The molecule has 0 spiro atoms. The molecule has 0 unspecified atom stereocenters. The van der Waals surface area contributed by atoms with Gasteiger partial charge in [-0.2, -0.15) is 4.98 Å². The molecule has 2 rings (SSSR count). The van der Waals surface area contributed by atoms with Gasteiger partial charge in [-0.25, -0.2) is 9.97 Å². The molecule has 2 heterocycles. The Balaban J connectivity index is 2.12. The molecule has 0 radical (unpaired) electrons. The predicted octanol–water partition coefficient (Wildman–Crippen LogP) is 2.73. The molecule has 0 fully saturated rings. The number of ether oxygens (including phenoxy) is 1. The van der Waals surface area contributed by atoms with E-state index in [1.807, 2.05) is 6.92 Å². The van der Waals surface area contributed by atoms with Gasteiger partial charge < -0.3 is 15.2 Å². The van der Waals surface area contributed by atoms with Crippen molar-refractivity contribution in [3.63, 3.8) is 0 Å². The van der Waals surface area contributed by atoms with E-state index in [0.29, 0.717) is 17.5 Å². The third-order valence-electron chi connectivity index (χ3n) is 2.49. The summed E-state index contributed by atoms with van der Waals surface area (Å²) in [6, 6.07) is 5.30. The van der Waals surface area contributed by atoms with Crippen LogP contribution in [-0.4, -0.2) is 32.3 Å². The first-order valence-electron chi connectivity index (χ1n) is 6.42. The number of nitrogens with one attached hydrogen (secondary N) is 1. The second-order valence-electron chi connectivity index (χ2n) is 5.26. The van der Waals surface area contributed by atoms with Crippen molar-refractivity contribution in [2.45, 2.75) is 26.4 Å². The van der Waals surface area contributed by atoms with Crippen molar-refractivity contribution >= 4 is 23.2 Å². The van der Waals surface area contributed by atoms with E-state index < -0.39 is 5.60 Å². The highest BCUT2D eigenvalue weighted by molar-refractivity contribution is 6.28. The largest absolute Gasteiger partial charge is 0.475 e. The molecule has 112 valence electrons. The van der Waals surface area contributed by atoms with E-state index >= 15 is 0 Å². The molecule has 7 heteroatoms. The molecule has 2 aromatic heterocycles. The fourth-order valence-electron chi connectivity index (χ4n) is 1.48. The van der Waals surface area contributed by atoms with Gasteiger partial charge in [0.15, 0.2) is 0 Å². The topological polar surface area (TPSA) is 80.2 Å². The number of aryl methyl sites for hydroxylation is 1. The van der Waals surface area contributed by atoms with Crippen molar-refractivity contribution in [1.82, 2.24) is 15.0 Å². The van der Waals surface area contributed by atoms with E-state index in [9.17, 15) is 5.11 Å². The number of hydrogen-bond acceptors (Lipinski definition) is 6. The minimum atomic E-state index is -0.915. The lowest BCUT2D eigenvalue weighted by atomic mass is 10.2. The number of rotatable bonds is 5. The Morgan fingerprint density at radius 2 is 2.10 bits per heavy atom. The van der Waals surface area contributed by atoms with E-state index in [1.165, 1.54) is 0 Å². The summed E-state index contributed by atoms with van der Waals surface area (Å²) in [7, 11) is 0. The Morgan fingerprint density at radius 1 is 1.33 bits per heavy atom. The van der Waals surface area contributed by atoms with Gasteiger partial charge in [0.2, 0.25) is 11.2 Å². The number of hydrogen-bond donors (Lipinski definition) is 2. The second-order valence-corrected chi connectivity index (χ2v) is 5.60. The molecular weight excluding hydrogens is 292 g/mol. The van der Waals surface area contributed by atoms with Crippen LogP contribution in [0.4, 0.5) is 11.6 Å². The molecule has 0 aliphatic rings. The van der Waals surface area contributed by atoms with Gasteiger partial charge in [0.25, 0.3) is 0 Å². The van der Waals surface area contributed by atoms with Crippen LogP contribution in [0, 0.1) is 6.92 Å². The van der Waals surface area contributed by atoms with E-state index in [-0.39, 0.29) is 11.9 Å². The summed E-state index contributed by atoms with van der Waals surface area (Å²) >= 11 is 5.78. The predicted molar refractivity (Wildman–Crippen MR) is 81.1 cm³/mol. The third kappa shape index (κ3) is 4.84. The normalized spacial score (nSPS) is 11.3. The highest BCUT2D eigenvalue weighted by atomic mass is 35.5. The molecule has 0 aliphatic heterocycles. The van der Waals surface area contributed by atoms with Gasteiger partial charge in [0.1, 0.15) is 18.2 Å². The van der Waals surface area contributed by atoms with Crippen LogP contribution in [0.2, 0.25) is 5.28 Å². The highest BCUT2D eigenvalue weighted by Crippen LogP contribution is 2.20. The van der Waals surface area contributed by atoms with Crippen LogP contribution in [-0.2, 0) is 0 Å². The van der Waals surface area contributed by atoms with Gasteiger partial charge >= 0.3 is 0 Å². The standard InChI is InChI=1S/C14H17ClN4O2/c1-9-7-16-13(15)19-12(9)18-10-5-4-6-11(17-10)21-8-14(2,3)20/h4-7,20H,8H2,1-3H3,(H,16,17,18,19). The van der Waals surface area contributed by atoms with Crippen LogP contribution in [0.15, 0.2) is 24.4 Å². The fourth-order valence-corrected chi connectivity index (χ4v) is 1.62. The quantitative estimate of drug-likeness (QED) is 0.827. The van der Waals surface area contributed by atoms with Crippen molar-refractivity contribution < 1.29 is 9.84 Å². The summed E-state index contributed by atoms with van der Waals surface area (Å²) in [5.74, 6) is 1.57. The summed E-state index contributed by atoms with van der Waals surface area (Å²) in [4.78, 5) is 12.3. The lowest BCUT2D eigenvalue weighted by Crippen LogP contribution is -2.28. The molecule has 0 aliphatic carbocycles. The van der Waals surface area contributed by atoms with Gasteiger partial charge in [-0.1, -0.05) is 6.07 Å². The van der Waals surface area contributed by atoms with Crippen molar-refractivity contribution in [2.24, 2.45) is 0 Å². The highest BCUT2D eigenvalue weighted by Gasteiger charge is 2.14. The summed E-state index contributed by atoms with van der Waals surface area (Å²) in [5, 5.41) is 12.9. The van der Waals surface area contributed by atoms with Crippen molar-refractivity contribution in [2.75, 3.05) is 11.9 Å². The monoisotopic (exact) mass is 308 g/mol. The molecule has 21 heavy (non-hydrogen) atoms. The Bertz CT molecular complexity index is 629. The van der Waals surface area contributed by atoms with Gasteiger partial charge in [0.05, 0.1) is 5.60 Å². The molecule has 0 saturated carbocycles. The maximum absolute atomic E-state index is 9.65. The van der Waals surface area contributed by atoms with Crippen LogP contribution >= 0.6 is 11.6 Å². The second kappa shape index (κ2) is 6.24. The van der Waals surface area contributed by atoms with Gasteiger partial charge in [-0.3, -0.25) is 0 Å². The average molecular weight is 309 g/mol. The van der Waals surface area contributed by atoms with Crippen molar-refractivity contribution in [1.29, 1.82) is 0 Å².